The number of nitrogens with zero attached hydrogens (tertiary/aromatic N) is 3. The third-order valence-electron chi connectivity index (χ3n) is 3.54. The Labute approximate surface area is 106 Å². The number of hydrogen-bond acceptors (Lipinski definition) is 5. The molecular weight excluding hydrogens is 230 g/mol. The first-order chi connectivity index (χ1) is 8.75. The van der Waals surface area contributed by atoms with Crippen molar-refractivity contribution in [3.63, 3.8) is 0 Å². The molecule has 1 aromatic rings. The fraction of sp³-hybridized carbons (Fsp3) is 0.583. The number of amides is 1. The monoisotopic (exact) mass is 247 g/mol. The van der Waals surface area contributed by atoms with Crippen LogP contribution in [0.3, 0.4) is 0 Å². The molecule has 0 bridgehead atoms. The van der Waals surface area contributed by atoms with Crippen molar-refractivity contribution in [2.45, 2.75) is 13.3 Å². The number of carbonyl (C=O) groups excluding carboxylic acids is 1. The molecule has 6 heteroatoms. The summed E-state index contributed by atoms with van der Waals surface area (Å²) in [5.41, 5.74) is 1.08. The number of hydrogen-bond donors (Lipinski definition) is 2. The zero-order chi connectivity index (χ0) is 12.5. The molecule has 96 valence electrons. The van der Waals surface area contributed by atoms with E-state index in [0.717, 1.165) is 44.0 Å². The Morgan fingerprint density at radius 1 is 1.33 bits per heavy atom. The van der Waals surface area contributed by atoms with Gasteiger partial charge in [0.05, 0.1) is 0 Å². The molecule has 2 aliphatic rings. The van der Waals surface area contributed by atoms with Gasteiger partial charge in [-0.25, -0.2) is 9.97 Å². The van der Waals surface area contributed by atoms with E-state index in [0.29, 0.717) is 5.82 Å². The van der Waals surface area contributed by atoms with E-state index in [-0.39, 0.29) is 11.8 Å². The Morgan fingerprint density at radius 3 is 2.89 bits per heavy atom. The maximum absolute atomic E-state index is 11.6. The van der Waals surface area contributed by atoms with E-state index in [9.17, 15) is 4.79 Å². The van der Waals surface area contributed by atoms with E-state index in [1.54, 1.807) is 0 Å². The minimum Gasteiger partial charge on any atom is -0.354 e. The number of nitrogens with one attached hydrogen (secondary N) is 2. The van der Waals surface area contributed by atoms with E-state index in [1.165, 1.54) is 6.33 Å². The fourth-order valence-corrected chi connectivity index (χ4v) is 2.49. The number of aromatic nitrogens is 2. The van der Waals surface area contributed by atoms with Gasteiger partial charge in [-0.15, -0.1) is 0 Å². The SMILES string of the molecule is CC1Cc2c(ncnc2N2CCNCC2)NC1=O. The second-order valence-corrected chi connectivity index (χ2v) is 4.86. The molecular formula is C12H17N5O. The van der Waals surface area contributed by atoms with Gasteiger partial charge in [0.2, 0.25) is 5.91 Å². The molecule has 2 aliphatic heterocycles. The lowest BCUT2D eigenvalue weighted by Crippen LogP contribution is -2.44. The lowest BCUT2D eigenvalue weighted by Gasteiger charge is -2.32. The quantitative estimate of drug-likeness (QED) is 0.732. The van der Waals surface area contributed by atoms with Crippen molar-refractivity contribution < 1.29 is 4.79 Å². The molecule has 1 fully saturated rings. The van der Waals surface area contributed by atoms with Crippen LogP contribution in [0.5, 0.6) is 0 Å². The van der Waals surface area contributed by atoms with Crippen molar-refractivity contribution in [1.82, 2.24) is 15.3 Å². The predicted octanol–water partition coefficient (Wildman–Crippen LogP) is 0.0169. The maximum Gasteiger partial charge on any atom is 0.228 e. The summed E-state index contributed by atoms with van der Waals surface area (Å²) in [7, 11) is 0. The van der Waals surface area contributed by atoms with Crippen LogP contribution < -0.4 is 15.5 Å². The van der Waals surface area contributed by atoms with E-state index in [4.69, 9.17) is 0 Å². The van der Waals surface area contributed by atoms with E-state index < -0.39 is 0 Å². The van der Waals surface area contributed by atoms with Crippen molar-refractivity contribution in [2.75, 3.05) is 36.4 Å². The van der Waals surface area contributed by atoms with Gasteiger partial charge in [-0.1, -0.05) is 6.92 Å². The van der Waals surface area contributed by atoms with Crippen molar-refractivity contribution >= 4 is 17.5 Å². The van der Waals surface area contributed by atoms with E-state index in [1.807, 2.05) is 6.92 Å². The van der Waals surface area contributed by atoms with Gasteiger partial charge < -0.3 is 15.5 Å². The van der Waals surface area contributed by atoms with Crippen LogP contribution in [0.2, 0.25) is 0 Å². The zero-order valence-electron chi connectivity index (χ0n) is 10.4. The maximum atomic E-state index is 11.6. The molecule has 0 saturated carbocycles. The molecule has 0 aromatic carbocycles. The average molecular weight is 247 g/mol. The number of rotatable bonds is 1. The third-order valence-corrected chi connectivity index (χ3v) is 3.54. The van der Waals surface area contributed by atoms with Crippen LogP contribution in [0.25, 0.3) is 0 Å². The molecule has 2 N–H and O–H groups in total. The van der Waals surface area contributed by atoms with Crippen LogP contribution in [0.4, 0.5) is 11.6 Å². The summed E-state index contributed by atoms with van der Waals surface area (Å²) in [5, 5.41) is 6.18. The Morgan fingerprint density at radius 2 is 2.11 bits per heavy atom. The van der Waals surface area contributed by atoms with Gasteiger partial charge >= 0.3 is 0 Å². The van der Waals surface area contributed by atoms with Crippen molar-refractivity contribution in [1.29, 1.82) is 0 Å². The fourth-order valence-electron chi connectivity index (χ4n) is 2.49. The number of piperazine rings is 1. The highest BCUT2D eigenvalue weighted by molar-refractivity contribution is 5.95. The Hall–Kier alpha value is -1.69. The van der Waals surface area contributed by atoms with Crippen LogP contribution in [0, 0.1) is 5.92 Å². The minimum atomic E-state index is -0.00911. The summed E-state index contributed by atoms with van der Waals surface area (Å²) in [6, 6.07) is 0. The van der Waals surface area contributed by atoms with Gasteiger partial charge in [0.1, 0.15) is 18.0 Å². The van der Waals surface area contributed by atoms with E-state index in [2.05, 4.69) is 25.5 Å². The lowest BCUT2D eigenvalue weighted by molar-refractivity contribution is -0.119. The van der Waals surface area contributed by atoms with Gasteiger partial charge in [-0.2, -0.15) is 0 Å². The van der Waals surface area contributed by atoms with Crippen molar-refractivity contribution in [3.8, 4) is 0 Å². The Balaban J connectivity index is 1.96. The summed E-state index contributed by atoms with van der Waals surface area (Å²) in [5.74, 6) is 1.70. The van der Waals surface area contributed by atoms with Gasteiger partial charge in [0.25, 0.3) is 0 Å². The summed E-state index contributed by atoms with van der Waals surface area (Å²) in [6.07, 6.45) is 2.26. The number of carbonyl (C=O) groups is 1. The van der Waals surface area contributed by atoms with E-state index >= 15 is 0 Å². The first-order valence-corrected chi connectivity index (χ1v) is 6.36. The normalized spacial score (nSPS) is 23.5. The molecule has 1 amide bonds. The largest absolute Gasteiger partial charge is 0.354 e. The average Bonchev–Trinajstić information content (AvgIpc) is 2.40. The standard InChI is InChI=1S/C12H17N5O/c1-8-6-9-10(16-12(8)18)14-7-15-11(9)17-4-2-13-3-5-17/h7-8,13H,2-6H2,1H3,(H,14,15,16,18). The van der Waals surface area contributed by atoms with Crippen LogP contribution in [-0.4, -0.2) is 42.1 Å². The smallest absolute Gasteiger partial charge is 0.228 e. The zero-order valence-corrected chi connectivity index (χ0v) is 10.4. The van der Waals surface area contributed by atoms with Crippen molar-refractivity contribution in [2.24, 2.45) is 5.92 Å². The van der Waals surface area contributed by atoms with Gasteiger partial charge in [-0.05, 0) is 6.42 Å². The molecule has 0 radical (unpaired) electrons. The molecule has 1 unspecified atom stereocenters. The van der Waals surface area contributed by atoms with Crippen molar-refractivity contribution in [3.05, 3.63) is 11.9 Å². The molecule has 0 spiro atoms. The molecule has 1 atom stereocenters. The predicted molar refractivity (Wildman–Crippen MR) is 68.6 cm³/mol. The summed E-state index contributed by atoms with van der Waals surface area (Å²) in [6.45, 7) is 5.78. The van der Waals surface area contributed by atoms with Crippen LogP contribution in [0.15, 0.2) is 6.33 Å². The van der Waals surface area contributed by atoms with Gasteiger partial charge in [0, 0.05) is 37.7 Å². The molecule has 18 heavy (non-hydrogen) atoms. The molecule has 0 aliphatic carbocycles. The molecule has 3 rings (SSSR count). The number of anilines is 2. The molecule has 6 nitrogen and oxygen atoms in total. The molecule has 3 heterocycles. The minimum absolute atomic E-state index is 0.00911. The van der Waals surface area contributed by atoms with Gasteiger partial charge in [-0.3, -0.25) is 4.79 Å². The highest BCUT2D eigenvalue weighted by Gasteiger charge is 2.28. The first-order valence-electron chi connectivity index (χ1n) is 6.36. The number of fused-ring (bicyclic) bond motifs is 1. The second-order valence-electron chi connectivity index (χ2n) is 4.86. The third kappa shape index (κ3) is 1.92. The van der Waals surface area contributed by atoms with Gasteiger partial charge in [0.15, 0.2) is 0 Å². The first kappa shape index (κ1) is 11.4. The van der Waals surface area contributed by atoms with Crippen LogP contribution >= 0.6 is 0 Å². The van der Waals surface area contributed by atoms with Crippen LogP contribution in [-0.2, 0) is 11.2 Å². The molecule has 1 aromatic heterocycles. The highest BCUT2D eigenvalue weighted by Crippen LogP contribution is 2.30. The lowest BCUT2D eigenvalue weighted by atomic mass is 9.97. The second kappa shape index (κ2) is 4.53. The highest BCUT2D eigenvalue weighted by atomic mass is 16.2. The summed E-state index contributed by atoms with van der Waals surface area (Å²) in [4.78, 5) is 22.5. The van der Waals surface area contributed by atoms with Crippen LogP contribution in [0.1, 0.15) is 12.5 Å². The topological polar surface area (TPSA) is 70.2 Å². The summed E-state index contributed by atoms with van der Waals surface area (Å²) >= 11 is 0. The Kier molecular flexibility index (Phi) is 2.87. The Bertz CT molecular complexity index is 470. The molecule has 1 saturated heterocycles. The summed E-state index contributed by atoms with van der Waals surface area (Å²) < 4.78 is 0.